The Labute approximate surface area is 221 Å². The number of phenols is 1. The van der Waals surface area contributed by atoms with Crippen LogP contribution in [0.1, 0.15) is 54.7 Å². The lowest BCUT2D eigenvalue weighted by Crippen LogP contribution is -2.41. The fourth-order valence-electron chi connectivity index (χ4n) is 6.61. The van der Waals surface area contributed by atoms with Crippen molar-refractivity contribution in [1.82, 2.24) is 4.90 Å². The monoisotopic (exact) mass is 523 g/mol. The van der Waals surface area contributed by atoms with Crippen LogP contribution in [0.4, 0.5) is 0 Å². The van der Waals surface area contributed by atoms with E-state index in [4.69, 9.17) is 23.7 Å². The van der Waals surface area contributed by atoms with Crippen molar-refractivity contribution in [3.8, 4) is 28.7 Å². The molecule has 38 heavy (non-hydrogen) atoms. The minimum absolute atomic E-state index is 0.106. The van der Waals surface area contributed by atoms with Crippen LogP contribution < -0.4 is 18.9 Å². The molecule has 0 bridgehead atoms. The molecule has 1 unspecified atom stereocenters. The summed E-state index contributed by atoms with van der Waals surface area (Å²) >= 11 is 0. The third-order valence-corrected chi connectivity index (χ3v) is 8.73. The van der Waals surface area contributed by atoms with E-state index in [2.05, 4.69) is 6.92 Å². The Kier molecular flexibility index (Phi) is 6.24. The van der Waals surface area contributed by atoms with Gasteiger partial charge in [-0.25, -0.2) is 0 Å². The maximum atomic E-state index is 13.5. The number of hydrogen-bond donors (Lipinski definition) is 1. The molecule has 1 N–H and O–H groups in total. The Morgan fingerprint density at radius 1 is 1.00 bits per heavy atom. The van der Waals surface area contributed by atoms with Gasteiger partial charge in [0.15, 0.2) is 23.0 Å². The van der Waals surface area contributed by atoms with Crippen molar-refractivity contribution in [3.63, 3.8) is 0 Å². The Hall–Kier alpha value is -3.62. The minimum Gasteiger partial charge on any atom is -0.502 e. The Bertz CT molecular complexity index is 1240. The summed E-state index contributed by atoms with van der Waals surface area (Å²) in [6, 6.07) is 7.37. The number of hydrogen-bond acceptors (Lipinski definition) is 8. The van der Waals surface area contributed by atoms with Crippen molar-refractivity contribution in [2.24, 2.45) is 17.8 Å². The molecule has 0 spiro atoms. The van der Waals surface area contributed by atoms with Crippen LogP contribution >= 0.6 is 0 Å². The molecule has 0 saturated carbocycles. The molecule has 0 radical (unpaired) electrons. The molecular weight excluding hydrogens is 490 g/mol. The number of ether oxygens (including phenoxy) is 5. The SMILES string of the molecule is COc1cc([C@@H]2c3cc4c(cc3[C@@H](CC(=O)N3CCC(C)CC3)C3COC(=O)[C@@H]32)OCO4)cc(OC)c1O. The lowest BCUT2D eigenvalue weighted by atomic mass is 9.62. The van der Waals surface area contributed by atoms with Gasteiger partial charge in [0.25, 0.3) is 0 Å². The smallest absolute Gasteiger partial charge is 0.310 e. The number of esters is 1. The van der Waals surface area contributed by atoms with E-state index < -0.39 is 11.8 Å². The number of benzene rings is 2. The highest BCUT2D eigenvalue weighted by Gasteiger charge is 2.53. The number of aromatic hydroxyl groups is 1. The third-order valence-electron chi connectivity index (χ3n) is 8.73. The number of carbonyl (C=O) groups is 2. The summed E-state index contributed by atoms with van der Waals surface area (Å²) in [7, 11) is 2.95. The maximum Gasteiger partial charge on any atom is 0.310 e. The fraction of sp³-hybridized carbons (Fsp3) is 0.517. The van der Waals surface area contributed by atoms with Crippen LogP contribution in [-0.2, 0) is 14.3 Å². The summed E-state index contributed by atoms with van der Waals surface area (Å²) in [5.41, 5.74) is 2.60. The van der Waals surface area contributed by atoms with Gasteiger partial charge < -0.3 is 33.7 Å². The number of phenolic OH excluding ortho intramolecular Hbond substituents is 1. The summed E-state index contributed by atoms with van der Waals surface area (Å²) in [6.45, 7) is 4.12. The van der Waals surface area contributed by atoms with Gasteiger partial charge in [-0.2, -0.15) is 0 Å². The zero-order valence-electron chi connectivity index (χ0n) is 21.9. The van der Waals surface area contributed by atoms with E-state index >= 15 is 0 Å². The first-order valence-corrected chi connectivity index (χ1v) is 13.2. The summed E-state index contributed by atoms with van der Waals surface area (Å²) in [4.78, 5) is 28.8. The summed E-state index contributed by atoms with van der Waals surface area (Å²) in [5, 5.41) is 10.5. The molecule has 2 saturated heterocycles. The van der Waals surface area contributed by atoms with E-state index in [1.165, 1.54) is 14.2 Å². The third kappa shape index (κ3) is 3.99. The van der Waals surface area contributed by atoms with E-state index in [-0.39, 0.29) is 54.4 Å². The van der Waals surface area contributed by atoms with Gasteiger partial charge >= 0.3 is 5.97 Å². The summed E-state index contributed by atoms with van der Waals surface area (Å²) in [6.07, 6.45) is 2.31. The molecule has 2 fully saturated rings. The van der Waals surface area contributed by atoms with E-state index in [1.807, 2.05) is 17.0 Å². The first-order valence-electron chi connectivity index (χ1n) is 13.2. The predicted molar refractivity (Wildman–Crippen MR) is 136 cm³/mol. The second-order valence-electron chi connectivity index (χ2n) is 10.8. The summed E-state index contributed by atoms with van der Waals surface area (Å²) < 4.78 is 27.9. The van der Waals surface area contributed by atoms with Crippen LogP contribution in [0.15, 0.2) is 24.3 Å². The van der Waals surface area contributed by atoms with Crippen molar-refractivity contribution in [3.05, 3.63) is 41.0 Å². The lowest BCUT2D eigenvalue weighted by Gasteiger charge is -2.40. The molecule has 202 valence electrons. The molecule has 3 aliphatic heterocycles. The molecule has 6 rings (SSSR count). The molecular formula is C29H33NO8. The lowest BCUT2D eigenvalue weighted by molar-refractivity contribution is -0.141. The van der Waals surface area contributed by atoms with Crippen LogP contribution in [0.3, 0.4) is 0 Å². The van der Waals surface area contributed by atoms with Crippen LogP contribution in [0, 0.1) is 17.8 Å². The first kappa shape index (κ1) is 24.7. The zero-order chi connectivity index (χ0) is 26.6. The van der Waals surface area contributed by atoms with Gasteiger partial charge in [0.2, 0.25) is 18.4 Å². The molecule has 4 aliphatic rings. The van der Waals surface area contributed by atoms with Crippen molar-refractivity contribution in [1.29, 1.82) is 0 Å². The average Bonchev–Trinajstić information content (AvgIpc) is 3.54. The number of amides is 1. The van der Waals surface area contributed by atoms with Gasteiger partial charge in [-0.3, -0.25) is 9.59 Å². The first-order chi connectivity index (χ1) is 18.4. The van der Waals surface area contributed by atoms with E-state index in [9.17, 15) is 14.7 Å². The topological polar surface area (TPSA) is 104 Å². The number of methoxy groups -OCH3 is 2. The Balaban J connectivity index is 1.46. The summed E-state index contributed by atoms with van der Waals surface area (Å²) in [5.74, 6) is 0.744. The molecule has 0 aromatic heterocycles. The zero-order valence-corrected chi connectivity index (χ0v) is 21.9. The largest absolute Gasteiger partial charge is 0.502 e. The molecule has 2 aromatic rings. The van der Waals surface area contributed by atoms with Crippen molar-refractivity contribution in [2.75, 3.05) is 40.7 Å². The number of fused-ring (bicyclic) bond motifs is 3. The van der Waals surface area contributed by atoms with Gasteiger partial charge in [0, 0.05) is 31.3 Å². The quantitative estimate of drug-likeness (QED) is 0.591. The minimum atomic E-state index is -0.513. The number of piperidine rings is 1. The van der Waals surface area contributed by atoms with Gasteiger partial charge in [0.05, 0.1) is 26.7 Å². The standard InChI is InChI=1S/C29H33NO8/c1-15-4-6-30(7-5-15)25(31)12-18-17-10-21-22(38-14-37-21)11-19(17)26(27-20(18)13-36-29(27)33)16-8-23(34-2)28(32)24(9-16)35-3/h8-11,15,18,20,26-27,32H,4-7,12-14H2,1-3H3/t18-,20?,26-,27+/m1/s1. The number of carbonyl (C=O) groups excluding carboxylic acids is 2. The molecule has 2 aromatic carbocycles. The highest BCUT2D eigenvalue weighted by molar-refractivity contribution is 5.81. The molecule has 9 nitrogen and oxygen atoms in total. The van der Waals surface area contributed by atoms with Gasteiger partial charge in [-0.1, -0.05) is 6.92 Å². The maximum absolute atomic E-state index is 13.5. The average molecular weight is 524 g/mol. The van der Waals surface area contributed by atoms with Gasteiger partial charge in [0.1, 0.15) is 0 Å². The van der Waals surface area contributed by atoms with E-state index in [0.717, 1.165) is 42.6 Å². The number of cyclic esters (lactones) is 1. The van der Waals surface area contributed by atoms with E-state index in [0.29, 0.717) is 23.8 Å². The predicted octanol–water partition coefficient (Wildman–Crippen LogP) is 3.81. The van der Waals surface area contributed by atoms with Crippen LogP contribution in [-0.4, -0.2) is 62.6 Å². The van der Waals surface area contributed by atoms with E-state index in [1.54, 1.807) is 12.1 Å². The van der Waals surface area contributed by atoms with Crippen molar-refractivity contribution >= 4 is 11.9 Å². The van der Waals surface area contributed by atoms with Crippen LogP contribution in [0.2, 0.25) is 0 Å². The highest BCUT2D eigenvalue weighted by atomic mass is 16.7. The number of rotatable bonds is 5. The van der Waals surface area contributed by atoms with Gasteiger partial charge in [-0.05, 0) is 65.6 Å². The van der Waals surface area contributed by atoms with Gasteiger partial charge in [-0.15, -0.1) is 0 Å². The molecule has 1 aliphatic carbocycles. The Morgan fingerprint density at radius 2 is 1.63 bits per heavy atom. The molecule has 9 heteroatoms. The normalized spacial score (nSPS) is 26.0. The molecule has 3 heterocycles. The molecule has 1 amide bonds. The highest BCUT2D eigenvalue weighted by Crippen LogP contribution is 2.57. The molecule has 4 atom stereocenters. The fourth-order valence-corrected chi connectivity index (χ4v) is 6.61. The second-order valence-corrected chi connectivity index (χ2v) is 10.8. The van der Waals surface area contributed by atoms with Crippen molar-refractivity contribution < 1.29 is 38.4 Å². The number of nitrogens with zero attached hydrogens (tertiary/aromatic N) is 1. The second kappa shape index (κ2) is 9.60. The van der Waals surface area contributed by atoms with Crippen molar-refractivity contribution in [2.45, 2.75) is 38.0 Å². The number of likely N-dealkylation sites (tertiary alicyclic amines) is 1. The van der Waals surface area contributed by atoms with Crippen LogP contribution in [0.5, 0.6) is 28.7 Å². The van der Waals surface area contributed by atoms with Crippen LogP contribution in [0.25, 0.3) is 0 Å². The Morgan fingerprint density at radius 3 is 2.26 bits per heavy atom.